The first kappa shape index (κ1) is 15.5. The summed E-state index contributed by atoms with van der Waals surface area (Å²) in [6.07, 6.45) is 0.685. The first-order valence-electron chi connectivity index (χ1n) is 7.69. The van der Waals surface area contributed by atoms with Crippen molar-refractivity contribution >= 4 is 21.0 Å². The molecule has 1 aliphatic heterocycles. The average Bonchev–Trinajstić information content (AvgIpc) is 3.06. The number of furan rings is 1. The lowest BCUT2D eigenvalue weighted by molar-refractivity contribution is 0.329. The third-order valence-electron chi connectivity index (χ3n) is 4.30. The Morgan fingerprint density at radius 1 is 1.36 bits per heavy atom. The Balaban J connectivity index is 1.76. The van der Waals surface area contributed by atoms with Crippen molar-refractivity contribution in [2.75, 3.05) is 19.6 Å². The second-order valence-corrected chi connectivity index (χ2v) is 7.87. The molecule has 0 spiro atoms. The Bertz CT molecular complexity index is 767. The molecule has 22 heavy (non-hydrogen) atoms. The Kier molecular flexibility index (Phi) is 4.25. The first-order valence-corrected chi connectivity index (χ1v) is 9.23. The molecule has 0 amide bonds. The summed E-state index contributed by atoms with van der Waals surface area (Å²) in [5.41, 5.74) is 2.06. The maximum atomic E-state index is 12.1. The molecule has 120 valence electrons. The zero-order chi connectivity index (χ0) is 15.7. The summed E-state index contributed by atoms with van der Waals surface area (Å²) in [5.74, 6) is 0.916. The lowest BCUT2D eigenvalue weighted by Crippen LogP contribution is -2.36. The molecule has 6 heteroatoms. The highest BCUT2D eigenvalue weighted by atomic mass is 32.2. The van der Waals surface area contributed by atoms with Gasteiger partial charge in [-0.3, -0.25) is 4.90 Å². The summed E-state index contributed by atoms with van der Waals surface area (Å²) < 4.78 is 32.6. The van der Waals surface area contributed by atoms with Crippen LogP contribution >= 0.6 is 0 Å². The monoisotopic (exact) mass is 322 g/mol. The third-order valence-corrected chi connectivity index (χ3v) is 6.25. The molecule has 1 aromatic heterocycles. The number of fused-ring (bicyclic) bond motifs is 1. The van der Waals surface area contributed by atoms with Crippen LogP contribution in [0.1, 0.15) is 24.7 Å². The highest BCUT2D eigenvalue weighted by Crippen LogP contribution is 2.28. The van der Waals surface area contributed by atoms with Crippen LogP contribution in [0.25, 0.3) is 11.0 Å². The van der Waals surface area contributed by atoms with Crippen LogP contribution in [0.5, 0.6) is 0 Å². The fourth-order valence-corrected chi connectivity index (χ4v) is 4.62. The second-order valence-electron chi connectivity index (χ2n) is 5.82. The smallest absolute Gasteiger partial charge is 0.215 e. The van der Waals surface area contributed by atoms with E-state index in [0.29, 0.717) is 19.5 Å². The molecule has 0 saturated carbocycles. The molecule has 0 aliphatic carbocycles. The van der Waals surface area contributed by atoms with Gasteiger partial charge in [-0.15, -0.1) is 0 Å². The van der Waals surface area contributed by atoms with Gasteiger partial charge >= 0.3 is 0 Å². The van der Waals surface area contributed by atoms with Crippen molar-refractivity contribution in [3.05, 3.63) is 35.6 Å². The normalized spacial score (nSPS) is 20.0. The fourth-order valence-electron chi connectivity index (χ4n) is 3.15. The molecular formula is C16H22N2O3S. The van der Waals surface area contributed by atoms with Gasteiger partial charge < -0.3 is 4.42 Å². The number of sulfonamides is 1. The Morgan fingerprint density at radius 2 is 2.14 bits per heavy atom. The van der Waals surface area contributed by atoms with Gasteiger partial charge in [0.05, 0.1) is 5.25 Å². The predicted molar refractivity (Wildman–Crippen MR) is 87.2 cm³/mol. The largest absolute Gasteiger partial charge is 0.461 e. The molecule has 0 bridgehead atoms. The van der Waals surface area contributed by atoms with Gasteiger partial charge in [0.2, 0.25) is 10.0 Å². The minimum Gasteiger partial charge on any atom is -0.461 e. The molecule has 5 nitrogen and oxygen atoms in total. The molecule has 2 aromatic rings. The van der Waals surface area contributed by atoms with Gasteiger partial charge in [0, 0.05) is 30.6 Å². The highest BCUT2D eigenvalue weighted by molar-refractivity contribution is 7.90. The number of hydrogen-bond acceptors (Lipinski definition) is 4. The molecule has 1 fully saturated rings. The van der Waals surface area contributed by atoms with Crippen LogP contribution in [0.4, 0.5) is 0 Å². The molecular weight excluding hydrogens is 300 g/mol. The maximum absolute atomic E-state index is 12.1. The van der Waals surface area contributed by atoms with E-state index in [1.807, 2.05) is 32.0 Å². The third kappa shape index (κ3) is 2.91. The average molecular weight is 322 g/mol. The zero-order valence-electron chi connectivity index (χ0n) is 13.0. The van der Waals surface area contributed by atoms with Crippen molar-refractivity contribution < 1.29 is 12.8 Å². The summed E-state index contributed by atoms with van der Waals surface area (Å²) in [4.78, 5) is 2.20. The van der Waals surface area contributed by atoms with Crippen molar-refractivity contribution in [1.29, 1.82) is 0 Å². The van der Waals surface area contributed by atoms with Crippen molar-refractivity contribution in [3.8, 4) is 0 Å². The van der Waals surface area contributed by atoms with Crippen molar-refractivity contribution in [2.45, 2.75) is 32.1 Å². The van der Waals surface area contributed by atoms with E-state index in [-0.39, 0.29) is 5.25 Å². The standard InChI is InChI=1S/C16H22N2O3S/c1-3-17-22(19,20)13-8-9-18(10-13)11-15-12(2)21-16-7-5-4-6-14(15)16/h4-7,13,17H,3,8-11H2,1-2H3/t13-/m0/s1. The Labute approximate surface area is 131 Å². The molecule has 1 aliphatic rings. The van der Waals surface area contributed by atoms with Gasteiger partial charge in [0.15, 0.2) is 0 Å². The van der Waals surface area contributed by atoms with Gasteiger partial charge in [-0.2, -0.15) is 0 Å². The Morgan fingerprint density at radius 3 is 2.91 bits per heavy atom. The number of nitrogens with zero attached hydrogens (tertiary/aromatic N) is 1. The van der Waals surface area contributed by atoms with E-state index < -0.39 is 10.0 Å². The quantitative estimate of drug-likeness (QED) is 0.917. The number of hydrogen-bond donors (Lipinski definition) is 1. The molecule has 0 radical (unpaired) electrons. The summed E-state index contributed by atoms with van der Waals surface area (Å²) in [7, 11) is -3.19. The fraction of sp³-hybridized carbons (Fsp3) is 0.500. The lowest BCUT2D eigenvalue weighted by atomic mass is 10.1. The van der Waals surface area contributed by atoms with E-state index in [2.05, 4.69) is 15.7 Å². The molecule has 1 atom stereocenters. The molecule has 3 rings (SSSR count). The van der Waals surface area contributed by atoms with Crippen LogP contribution in [0, 0.1) is 6.92 Å². The highest BCUT2D eigenvalue weighted by Gasteiger charge is 2.33. The summed E-state index contributed by atoms with van der Waals surface area (Å²) in [5, 5.41) is 0.809. The van der Waals surface area contributed by atoms with E-state index in [1.165, 1.54) is 0 Å². The first-order chi connectivity index (χ1) is 10.5. The lowest BCUT2D eigenvalue weighted by Gasteiger charge is -2.16. The topological polar surface area (TPSA) is 62.6 Å². The van der Waals surface area contributed by atoms with Gasteiger partial charge in [0.1, 0.15) is 11.3 Å². The van der Waals surface area contributed by atoms with Crippen LogP contribution < -0.4 is 4.72 Å². The van der Waals surface area contributed by atoms with Crippen LogP contribution in [-0.4, -0.2) is 38.2 Å². The summed E-state index contributed by atoms with van der Waals surface area (Å²) in [6.45, 7) is 6.34. The van der Waals surface area contributed by atoms with Gasteiger partial charge in [0.25, 0.3) is 0 Å². The minimum absolute atomic E-state index is 0.314. The molecule has 1 aromatic carbocycles. The van der Waals surface area contributed by atoms with Gasteiger partial charge in [-0.1, -0.05) is 25.1 Å². The van der Waals surface area contributed by atoms with Crippen molar-refractivity contribution in [2.24, 2.45) is 0 Å². The van der Waals surface area contributed by atoms with E-state index in [0.717, 1.165) is 35.4 Å². The van der Waals surface area contributed by atoms with E-state index in [4.69, 9.17) is 4.42 Å². The molecule has 1 saturated heterocycles. The molecule has 1 N–H and O–H groups in total. The van der Waals surface area contributed by atoms with Crippen LogP contribution in [0.3, 0.4) is 0 Å². The summed E-state index contributed by atoms with van der Waals surface area (Å²) in [6, 6.07) is 7.99. The van der Waals surface area contributed by atoms with E-state index >= 15 is 0 Å². The second kappa shape index (κ2) is 6.02. The zero-order valence-corrected chi connectivity index (χ0v) is 13.8. The van der Waals surface area contributed by atoms with E-state index in [1.54, 1.807) is 0 Å². The maximum Gasteiger partial charge on any atom is 0.215 e. The Hall–Kier alpha value is -1.37. The number of likely N-dealkylation sites (tertiary alicyclic amines) is 1. The van der Waals surface area contributed by atoms with Crippen molar-refractivity contribution in [1.82, 2.24) is 9.62 Å². The summed E-state index contributed by atoms with van der Waals surface area (Å²) >= 11 is 0. The number of rotatable bonds is 5. The number of para-hydroxylation sites is 1. The van der Waals surface area contributed by atoms with Gasteiger partial charge in [-0.05, 0) is 26.0 Å². The number of benzene rings is 1. The molecule has 0 unspecified atom stereocenters. The number of nitrogens with one attached hydrogen (secondary N) is 1. The van der Waals surface area contributed by atoms with Crippen LogP contribution in [0.15, 0.2) is 28.7 Å². The SMILES string of the molecule is CCNS(=O)(=O)[C@H]1CCN(Cc2c(C)oc3ccccc23)C1. The van der Waals surface area contributed by atoms with Crippen LogP contribution in [-0.2, 0) is 16.6 Å². The minimum atomic E-state index is -3.19. The van der Waals surface area contributed by atoms with Gasteiger partial charge in [-0.25, -0.2) is 13.1 Å². The van der Waals surface area contributed by atoms with Crippen LogP contribution in [0.2, 0.25) is 0 Å². The number of aryl methyl sites for hydroxylation is 1. The van der Waals surface area contributed by atoms with Crippen molar-refractivity contribution in [3.63, 3.8) is 0 Å². The predicted octanol–water partition coefficient (Wildman–Crippen LogP) is 2.25. The van der Waals surface area contributed by atoms with E-state index in [9.17, 15) is 8.42 Å². The molecule has 2 heterocycles.